The first-order valence-corrected chi connectivity index (χ1v) is 6.71. The maximum atomic E-state index is 12.7. The molecule has 1 amide bonds. The second-order valence-electron chi connectivity index (χ2n) is 5.80. The van der Waals surface area contributed by atoms with E-state index in [4.69, 9.17) is 10.8 Å². The zero-order valence-corrected chi connectivity index (χ0v) is 11.8. The maximum Gasteiger partial charge on any atom is 0.323 e. The molecule has 0 unspecified atom stereocenters. The number of anilines is 1. The summed E-state index contributed by atoms with van der Waals surface area (Å²) in [6.07, 6.45) is 1.77. The molecule has 0 heterocycles. The third-order valence-electron chi connectivity index (χ3n) is 3.72. The zero-order valence-electron chi connectivity index (χ0n) is 11.8. The van der Waals surface area contributed by atoms with E-state index in [0.29, 0.717) is 5.69 Å². The number of carbonyl (C=O) groups excluding carboxylic acids is 1. The molecule has 108 valence electrons. The minimum atomic E-state index is -0.974. The zero-order chi connectivity index (χ0) is 14.9. The van der Waals surface area contributed by atoms with Crippen LogP contribution < -0.4 is 5.73 Å². The molecule has 0 bridgehead atoms. The normalized spacial score (nSPS) is 14.9. The Balaban J connectivity index is 2.24. The van der Waals surface area contributed by atoms with E-state index in [1.165, 1.54) is 4.90 Å². The summed E-state index contributed by atoms with van der Waals surface area (Å²) >= 11 is 0. The molecule has 1 fully saturated rings. The van der Waals surface area contributed by atoms with E-state index in [2.05, 4.69) is 0 Å². The van der Waals surface area contributed by atoms with Gasteiger partial charge in [0, 0.05) is 11.7 Å². The minimum Gasteiger partial charge on any atom is -0.480 e. The monoisotopic (exact) mass is 276 g/mol. The number of hydrogen-bond acceptors (Lipinski definition) is 3. The van der Waals surface area contributed by atoms with Crippen LogP contribution in [0.15, 0.2) is 24.3 Å². The van der Waals surface area contributed by atoms with Gasteiger partial charge in [-0.15, -0.1) is 0 Å². The van der Waals surface area contributed by atoms with Crippen LogP contribution in [0, 0.1) is 0 Å². The average molecular weight is 276 g/mol. The molecule has 5 heteroatoms. The Labute approximate surface area is 118 Å². The Morgan fingerprint density at radius 1 is 1.30 bits per heavy atom. The van der Waals surface area contributed by atoms with E-state index in [1.54, 1.807) is 12.1 Å². The van der Waals surface area contributed by atoms with Crippen molar-refractivity contribution in [2.24, 2.45) is 0 Å². The summed E-state index contributed by atoms with van der Waals surface area (Å²) in [5, 5.41) is 8.97. The van der Waals surface area contributed by atoms with Crippen molar-refractivity contribution in [1.29, 1.82) is 0 Å². The summed E-state index contributed by atoms with van der Waals surface area (Å²) in [4.78, 5) is 25.1. The van der Waals surface area contributed by atoms with Gasteiger partial charge in [-0.05, 0) is 44.4 Å². The molecule has 0 radical (unpaired) electrons. The van der Waals surface area contributed by atoms with E-state index in [-0.39, 0.29) is 18.5 Å². The number of hydrogen-bond donors (Lipinski definition) is 2. The van der Waals surface area contributed by atoms with Gasteiger partial charge in [-0.2, -0.15) is 0 Å². The van der Waals surface area contributed by atoms with Gasteiger partial charge in [-0.25, -0.2) is 0 Å². The van der Waals surface area contributed by atoms with Gasteiger partial charge in [0.1, 0.15) is 6.54 Å². The lowest BCUT2D eigenvalue weighted by molar-refractivity contribution is -0.147. The first kappa shape index (κ1) is 14.4. The molecule has 1 aromatic carbocycles. The molecular weight excluding hydrogens is 256 g/mol. The molecule has 3 N–H and O–H groups in total. The minimum absolute atomic E-state index is 0.0756. The molecule has 0 aromatic heterocycles. The number of carboxylic acids is 1. The summed E-state index contributed by atoms with van der Waals surface area (Å²) in [5.74, 6) is -1.12. The third kappa shape index (κ3) is 2.92. The number of aliphatic carboxylic acids is 1. The van der Waals surface area contributed by atoms with Crippen LogP contribution in [-0.2, 0) is 15.0 Å². The van der Waals surface area contributed by atoms with E-state index in [9.17, 15) is 9.59 Å². The summed E-state index contributed by atoms with van der Waals surface area (Å²) in [6.45, 7) is 3.40. The van der Waals surface area contributed by atoms with Crippen molar-refractivity contribution in [3.63, 3.8) is 0 Å². The van der Waals surface area contributed by atoms with Gasteiger partial charge in [-0.3, -0.25) is 9.59 Å². The number of carboxylic acid groups (broad SMARTS) is 1. The molecule has 1 aliphatic rings. The Hall–Kier alpha value is -2.04. The predicted molar refractivity (Wildman–Crippen MR) is 76.3 cm³/mol. The number of amides is 1. The van der Waals surface area contributed by atoms with Crippen LogP contribution in [-0.4, -0.2) is 34.5 Å². The van der Waals surface area contributed by atoms with E-state index in [0.717, 1.165) is 18.4 Å². The summed E-state index contributed by atoms with van der Waals surface area (Å²) in [5.41, 5.74) is 6.38. The van der Waals surface area contributed by atoms with Crippen LogP contribution >= 0.6 is 0 Å². The fourth-order valence-electron chi connectivity index (χ4n) is 2.28. The number of benzene rings is 1. The molecule has 1 aliphatic carbocycles. The Bertz CT molecular complexity index is 518. The van der Waals surface area contributed by atoms with Crippen molar-refractivity contribution in [3.05, 3.63) is 29.8 Å². The molecule has 2 rings (SSSR count). The van der Waals surface area contributed by atoms with Crippen molar-refractivity contribution < 1.29 is 14.7 Å². The van der Waals surface area contributed by atoms with Gasteiger partial charge in [0.25, 0.3) is 0 Å². The fourth-order valence-corrected chi connectivity index (χ4v) is 2.28. The predicted octanol–water partition coefficient (Wildman–Crippen LogP) is 1.62. The van der Waals surface area contributed by atoms with Gasteiger partial charge in [0.05, 0.1) is 5.41 Å². The topological polar surface area (TPSA) is 83.6 Å². The lowest BCUT2D eigenvalue weighted by Gasteiger charge is -2.31. The van der Waals surface area contributed by atoms with Crippen LogP contribution in [0.2, 0.25) is 0 Å². The van der Waals surface area contributed by atoms with Gasteiger partial charge in [0.15, 0.2) is 0 Å². The quantitative estimate of drug-likeness (QED) is 0.800. The molecule has 20 heavy (non-hydrogen) atoms. The van der Waals surface area contributed by atoms with Crippen LogP contribution in [0.25, 0.3) is 0 Å². The molecular formula is C15H20N2O3. The van der Waals surface area contributed by atoms with Gasteiger partial charge < -0.3 is 15.7 Å². The molecule has 0 saturated heterocycles. The molecule has 0 spiro atoms. The first-order chi connectivity index (χ1) is 9.32. The van der Waals surface area contributed by atoms with Crippen molar-refractivity contribution in [1.82, 2.24) is 4.90 Å². The standard InChI is InChI=1S/C15H20N2O3/c1-15(2,10-3-5-11(16)6-4-10)14(20)17(9-13(18)19)12-7-8-12/h3-6,12H,7-9,16H2,1-2H3,(H,18,19). The van der Waals surface area contributed by atoms with E-state index >= 15 is 0 Å². The molecule has 5 nitrogen and oxygen atoms in total. The molecule has 0 aliphatic heterocycles. The average Bonchev–Trinajstić information content (AvgIpc) is 3.19. The van der Waals surface area contributed by atoms with Crippen molar-refractivity contribution >= 4 is 17.6 Å². The summed E-state index contributed by atoms with van der Waals surface area (Å²) in [6, 6.07) is 7.22. The number of nitrogens with zero attached hydrogens (tertiary/aromatic N) is 1. The Morgan fingerprint density at radius 3 is 2.30 bits per heavy atom. The SMILES string of the molecule is CC(C)(C(=O)N(CC(=O)O)C1CC1)c1ccc(N)cc1. The number of carbonyl (C=O) groups is 2. The van der Waals surface area contributed by atoms with Crippen molar-refractivity contribution in [2.75, 3.05) is 12.3 Å². The maximum absolute atomic E-state index is 12.7. The molecule has 1 saturated carbocycles. The summed E-state index contributed by atoms with van der Waals surface area (Å²) < 4.78 is 0. The summed E-state index contributed by atoms with van der Waals surface area (Å²) in [7, 11) is 0. The van der Waals surface area contributed by atoms with Gasteiger partial charge in [-0.1, -0.05) is 12.1 Å². The number of nitrogens with two attached hydrogens (primary N) is 1. The van der Waals surface area contributed by atoms with Crippen LogP contribution in [0.3, 0.4) is 0 Å². The smallest absolute Gasteiger partial charge is 0.323 e. The first-order valence-electron chi connectivity index (χ1n) is 6.71. The fraction of sp³-hybridized carbons (Fsp3) is 0.467. The Kier molecular flexibility index (Phi) is 3.70. The van der Waals surface area contributed by atoms with Crippen LogP contribution in [0.4, 0.5) is 5.69 Å². The van der Waals surface area contributed by atoms with E-state index in [1.807, 2.05) is 26.0 Å². The highest BCUT2D eigenvalue weighted by Crippen LogP contribution is 2.33. The van der Waals surface area contributed by atoms with E-state index < -0.39 is 11.4 Å². The molecule has 1 aromatic rings. The lowest BCUT2D eigenvalue weighted by atomic mass is 9.83. The second-order valence-corrected chi connectivity index (χ2v) is 5.80. The highest BCUT2D eigenvalue weighted by Gasteiger charge is 2.41. The largest absolute Gasteiger partial charge is 0.480 e. The second kappa shape index (κ2) is 5.15. The third-order valence-corrected chi connectivity index (χ3v) is 3.72. The van der Waals surface area contributed by atoms with Gasteiger partial charge in [0.2, 0.25) is 5.91 Å². The lowest BCUT2D eigenvalue weighted by Crippen LogP contribution is -2.46. The van der Waals surface area contributed by atoms with Crippen LogP contribution in [0.1, 0.15) is 32.3 Å². The Morgan fingerprint density at radius 2 is 1.85 bits per heavy atom. The van der Waals surface area contributed by atoms with Crippen molar-refractivity contribution in [2.45, 2.75) is 38.1 Å². The highest BCUT2D eigenvalue weighted by molar-refractivity contribution is 5.90. The van der Waals surface area contributed by atoms with Gasteiger partial charge >= 0.3 is 5.97 Å². The number of rotatable bonds is 5. The highest BCUT2D eigenvalue weighted by atomic mass is 16.4. The number of nitrogen functional groups attached to an aromatic ring is 1. The molecule has 0 atom stereocenters. The van der Waals surface area contributed by atoms with Crippen molar-refractivity contribution in [3.8, 4) is 0 Å². The van der Waals surface area contributed by atoms with Crippen LogP contribution in [0.5, 0.6) is 0 Å².